The first-order valence-electron chi connectivity index (χ1n) is 6.02. The number of anilines is 1. The molecule has 0 bridgehead atoms. The van der Waals surface area contributed by atoms with Crippen molar-refractivity contribution < 1.29 is 14.2 Å². The van der Waals surface area contributed by atoms with Crippen LogP contribution in [-0.2, 0) is 0 Å². The highest BCUT2D eigenvalue weighted by Crippen LogP contribution is 2.33. The molecule has 3 nitrogen and oxygen atoms in total. The Morgan fingerprint density at radius 2 is 2.29 bits per heavy atom. The third kappa shape index (κ3) is 2.88. The zero-order valence-electron chi connectivity index (χ0n) is 10.0. The minimum atomic E-state index is -0.270. The topological polar surface area (TPSA) is 32.7 Å². The van der Waals surface area contributed by atoms with Gasteiger partial charge in [-0.25, -0.2) is 4.39 Å². The minimum Gasteiger partial charge on any atom is -0.487 e. The number of benzene rings is 1. The van der Waals surface area contributed by atoms with Gasteiger partial charge in [0.1, 0.15) is 17.7 Å². The van der Waals surface area contributed by atoms with Crippen LogP contribution in [-0.4, -0.2) is 30.9 Å². The van der Waals surface area contributed by atoms with Crippen LogP contribution in [0.5, 0.6) is 5.75 Å². The van der Waals surface area contributed by atoms with Crippen molar-refractivity contribution in [2.75, 3.05) is 24.6 Å². The lowest BCUT2D eigenvalue weighted by atomic mass is 10.1. The Morgan fingerprint density at radius 1 is 1.47 bits per heavy atom. The molecule has 0 saturated carbocycles. The maximum absolute atomic E-state index is 13.1. The average molecular weight is 239 g/mol. The van der Waals surface area contributed by atoms with E-state index < -0.39 is 0 Å². The van der Waals surface area contributed by atoms with Crippen LogP contribution in [0.1, 0.15) is 19.8 Å². The van der Waals surface area contributed by atoms with Crippen molar-refractivity contribution in [3.63, 3.8) is 0 Å². The summed E-state index contributed by atoms with van der Waals surface area (Å²) in [6, 6.07) is 4.65. The maximum Gasteiger partial charge on any atom is 0.146 e. The van der Waals surface area contributed by atoms with Gasteiger partial charge in [0.25, 0.3) is 0 Å². The second kappa shape index (κ2) is 5.36. The Labute approximate surface area is 101 Å². The molecule has 0 saturated heterocycles. The van der Waals surface area contributed by atoms with E-state index in [1.54, 1.807) is 6.07 Å². The fourth-order valence-corrected chi connectivity index (χ4v) is 2.13. The van der Waals surface area contributed by atoms with E-state index in [1.165, 1.54) is 12.1 Å². The molecular weight excluding hydrogens is 221 g/mol. The highest BCUT2D eigenvalue weighted by Gasteiger charge is 2.22. The fraction of sp³-hybridized carbons (Fsp3) is 0.538. The summed E-state index contributed by atoms with van der Waals surface area (Å²) in [5, 5.41) is 8.79. The van der Waals surface area contributed by atoms with Crippen molar-refractivity contribution in [1.29, 1.82) is 0 Å². The molecule has 0 fully saturated rings. The van der Waals surface area contributed by atoms with Crippen LogP contribution in [0.15, 0.2) is 18.2 Å². The summed E-state index contributed by atoms with van der Waals surface area (Å²) in [7, 11) is 0. The average Bonchev–Trinajstić information content (AvgIpc) is 2.28. The fourth-order valence-electron chi connectivity index (χ4n) is 2.13. The van der Waals surface area contributed by atoms with Crippen LogP contribution in [0, 0.1) is 5.82 Å². The van der Waals surface area contributed by atoms with Crippen molar-refractivity contribution in [3.8, 4) is 5.75 Å². The van der Waals surface area contributed by atoms with E-state index in [4.69, 9.17) is 9.84 Å². The van der Waals surface area contributed by atoms with E-state index in [2.05, 4.69) is 4.90 Å². The van der Waals surface area contributed by atoms with E-state index in [-0.39, 0.29) is 18.5 Å². The van der Waals surface area contributed by atoms with Gasteiger partial charge in [0, 0.05) is 19.2 Å². The molecular formula is C13H18FNO2. The molecule has 0 aromatic heterocycles. The van der Waals surface area contributed by atoms with Gasteiger partial charge in [0.2, 0.25) is 0 Å². The van der Waals surface area contributed by atoms with Crippen LogP contribution in [0.25, 0.3) is 0 Å². The van der Waals surface area contributed by atoms with E-state index in [9.17, 15) is 4.39 Å². The smallest absolute Gasteiger partial charge is 0.146 e. The molecule has 0 amide bonds. The Hall–Kier alpha value is -1.29. The molecule has 1 aliphatic rings. The predicted octanol–water partition coefficient (Wildman–Crippen LogP) is 2.19. The zero-order chi connectivity index (χ0) is 12.3. The number of hydrogen-bond donors (Lipinski definition) is 1. The van der Waals surface area contributed by atoms with Crippen LogP contribution >= 0.6 is 0 Å². The SMILES string of the molecule is CC1CN(CCCCO)c2ccc(F)cc2O1. The van der Waals surface area contributed by atoms with Gasteiger partial charge in [-0.15, -0.1) is 0 Å². The Kier molecular flexibility index (Phi) is 3.84. The monoisotopic (exact) mass is 239 g/mol. The van der Waals surface area contributed by atoms with E-state index in [0.717, 1.165) is 31.6 Å². The van der Waals surface area contributed by atoms with Gasteiger partial charge < -0.3 is 14.7 Å². The Morgan fingerprint density at radius 3 is 3.06 bits per heavy atom. The van der Waals surface area contributed by atoms with E-state index in [1.807, 2.05) is 6.92 Å². The number of rotatable bonds is 4. The van der Waals surface area contributed by atoms with Gasteiger partial charge in [-0.05, 0) is 31.9 Å². The van der Waals surface area contributed by atoms with E-state index in [0.29, 0.717) is 5.75 Å². The third-order valence-electron chi connectivity index (χ3n) is 2.90. The molecule has 17 heavy (non-hydrogen) atoms. The normalized spacial score (nSPS) is 18.8. The van der Waals surface area contributed by atoms with Gasteiger partial charge >= 0.3 is 0 Å². The molecule has 1 heterocycles. The zero-order valence-corrected chi connectivity index (χ0v) is 10.0. The molecule has 1 aromatic carbocycles. The molecule has 1 aliphatic heterocycles. The molecule has 94 valence electrons. The predicted molar refractivity (Wildman–Crippen MR) is 65.0 cm³/mol. The van der Waals surface area contributed by atoms with Crippen LogP contribution in [0.4, 0.5) is 10.1 Å². The van der Waals surface area contributed by atoms with Crippen molar-refractivity contribution >= 4 is 5.69 Å². The molecule has 2 rings (SSSR count). The van der Waals surface area contributed by atoms with Crippen molar-refractivity contribution in [1.82, 2.24) is 0 Å². The molecule has 1 N–H and O–H groups in total. The first-order chi connectivity index (χ1) is 8.20. The number of hydrogen-bond acceptors (Lipinski definition) is 3. The summed E-state index contributed by atoms with van der Waals surface area (Å²) >= 11 is 0. The lowest BCUT2D eigenvalue weighted by molar-refractivity contribution is 0.210. The summed E-state index contributed by atoms with van der Waals surface area (Å²) < 4.78 is 18.7. The van der Waals surface area contributed by atoms with Crippen LogP contribution in [0.2, 0.25) is 0 Å². The van der Waals surface area contributed by atoms with Crippen LogP contribution < -0.4 is 9.64 Å². The van der Waals surface area contributed by atoms with Gasteiger partial charge in [-0.1, -0.05) is 0 Å². The molecule has 0 spiro atoms. The summed E-state index contributed by atoms with van der Waals surface area (Å²) in [5.74, 6) is 0.348. The number of fused-ring (bicyclic) bond motifs is 1. The third-order valence-corrected chi connectivity index (χ3v) is 2.90. The highest BCUT2D eigenvalue weighted by molar-refractivity contribution is 5.60. The van der Waals surface area contributed by atoms with Crippen molar-refractivity contribution in [2.24, 2.45) is 0 Å². The van der Waals surface area contributed by atoms with Crippen molar-refractivity contribution in [3.05, 3.63) is 24.0 Å². The number of nitrogens with zero attached hydrogens (tertiary/aromatic N) is 1. The largest absolute Gasteiger partial charge is 0.487 e. The van der Waals surface area contributed by atoms with Gasteiger partial charge in [0.15, 0.2) is 0 Å². The Bertz CT molecular complexity index is 384. The lowest BCUT2D eigenvalue weighted by Gasteiger charge is -2.35. The summed E-state index contributed by atoms with van der Waals surface area (Å²) in [6.07, 6.45) is 1.79. The molecule has 0 aliphatic carbocycles. The van der Waals surface area contributed by atoms with Gasteiger partial charge in [-0.2, -0.15) is 0 Å². The molecule has 4 heteroatoms. The second-order valence-electron chi connectivity index (χ2n) is 4.42. The number of halogens is 1. The van der Waals surface area contributed by atoms with Gasteiger partial charge in [-0.3, -0.25) is 0 Å². The maximum atomic E-state index is 13.1. The van der Waals surface area contributed by atoms with Crippen molar-refractivity contribution in [2.45, 2.75) is 25.9 Å². The quantitative estimate of drug-likeness (QED) is 0.817. The van der Waals surface area contributed by atoms with Gasteiger partial charge in [0.05, 0.1) is 12.2 Å². The summed E-state index contributed by atoms with van der Waals surface area (Å²) in [5.41, 5.74) is 0.947. The number of unbranched alkanes of at least 4 members (excludes halogenated alkanes) is 1. The second-order valence-corrected chi connectivity index (χ2v) is 4.42. The highest BCUT2D eigenvalue weighted by atomic mass is 19.1. The molecule has 1 unspecified atom stereocenters. The summed E-state index contributed by atoms with van der Waals surface area (Å²) in [6.45, 7) is 3.88. The molecule has 0 radical (unpaired) electrons. The van der Waals surface area contributed by atoms with E-state index >= 15 is 0 Å². The van der Waals surface area contributed by atoms with Crippen LogP contribution in [0.3, 0.4) is 0 Å². The minimum absolute atomic E-state index is 0.0680. The number of aliphatic hydroxyl groups is 1. The number of aliphatic hydroxyl groups excluding tert-OH is 1. The standard InChI is InChI=1S/C13H18FNO2/c1-10-9-15(6-2-3-7-16)12-5-4-11(14)8-13(12)17-10/h4-5,8,10,16H,2-3,6-7,9H2,1H3. The summed E-state index contributed by atoms with van der Waals surface area (Å²) in [4.78, 5) is 2.19. The Balaban J connectivity index is 2.13. The molecule has 1 aromatic rings. The lowest BCUT2D eigenvalue weighted by Crippen LogP contribution is -2.39. The molecule has 1 atom stereocenters. The first-order valence-corrected chi connectivity index (χ1v) is 6.02. The first kappa shape index (κ1) is 12.2. The number of ether oxygens (including phenoxy) is 1.